The van der Waals surface area contributed by atoms with E-state index >= 15 is 0 Å². The van der Waals surface area contributed by atoms with Gasteiger partial charge in [0.15, 0.2) is 0 Å². The van der Waals surface area contributed by atoms with E-state index in [0.29, 0.717) is 12.0 Å². The first kappa shape index (κ1) is 15.5. The zero-order valence-corrected chi connectivity index (χ0v) is 12.5. The largest absolute Gasteiger partial charge is 0.481 e. The topological polar surface area (TPSA) is 57.6 Å². The number of halogens is 1. The first-order valence-corrected chi connectivity index (χ1v) is 7.02. The molecule has 1 fully saturated rings. The highest BCUT2D eigenvalue weighted by molar-refractivity contribution is 5.82. The van der Waals surface area contributed by atoms with Crippen molar-refractivity contribution >= 4 is 11.9 Å². The highest BCUT2D eigenvalue weighted by atomic mass is 19.1. The Balaban J connectivity index is 2.51. The summed E-state index contributed by atoms with van der Waals surface area (Å²) < 4.78 is 13.1. The van der Waals surface area contributed by atoms with Gasteiger partial charge in [-0.3, -0.25) is 9.59 Å². The molecule has 0 aromatic heterocycles. The zero-order chi connectivity index (χ0) is 15.8. The number of carboxylic acids is 1. The molecule has 0 spiro atoms. The van der Waals surface area contributed by atoms with E-state index in [1.165, 1.54) is 12.1 Å². The molecule has 0 saturated carbocycles. The second-order valence-electron chi connectivity index (χ2n) is 6.41. The number of carbonyl (C=O) groups excluding carboxylic acids is 1. The Morgan fingerprint density at radius 2 is 1.86 bits per heavy atom. The fourth-order valence-electron chi connectivity index (χ4n) is 2.98. The molecule has 1 aliphatic rings. The van der Waals surface area contributed by atoms with Gasteiger partial charge in [0.1, 0.15) is 5.82 Å². The number of amides is 1. The standard InChI is InChI=1S/C16H20FNO3/c1-16(2,3)18-13(19)9-8-12(15(20)21)14(18)10-4-6-11(17)7-5-10/h4-7,12,14H,8-9H2,1-3H3,(H,20,21). The number of nitrogens with zero attached hydrogens (tertiary/aromatic N) is 1. The molecule has 1 amide bonds. The molecule has 1 N–H and O–H groups in total. The normalized spacial score (nSPS) is 23.2. The molecule has 1 heterocycles. The van der Waals surface area contributed by atoms with E-state index in [9.17, 15) is 19.1 Å². The summed E-state index contributed by atoms with van der Waals surface area (Å²) in [5.41, 5.74) is 0.163. The molecule has 0 aliphatic carbocycles. The molecule has 5 heteroatoms. The van der Waals surface area contributed by atoms with Crippen LogP contribution in [0.1, 0.15) is 45.2 Å². The number of piperidine rings is 1. The van der Waals surface area contributed by atoms with Gasteiger partial charge < -0.3 is 10.0 Å². The summed E-state index contributed by atoms with van der Waals surface area (Å²) in [6, 6.07) is 5.16. The molecule has 1 saturated heterocycles. The summed E-state index contributed by atoms with van der Waals surface area (Å²) in [7, 11) is 0. The van der Waals surface area contributed by atoms with Crippen LogP contribution in [0.2, 0.25) is 0 Å². The molecule has 2 rings (SSSR count). The number of benzene rings is 1. The lowest BCUT2D eigenvalue weighted by molar-refractivity contribution is -0.156. The minimum Gasteiger partial charge on any atom is -0.481 e. The minimum atomic E-state index is -0.925. The second-order valence-corrected chi connectivity index (χ2v) is 6.41. The molecular weight excluding hydrogens is 273 g/mol. The molecule has 1 aromatic rings. The number of hydrogen-bond acceptors (Lipinski definition) is 2. The van der Waals surface area contributed by atoms with Crippen LogP contribution in [0.5, 0.6) is 0 Å². The third-order valence-corrected chi connectivity index (χ3v) is 3.85. The van der Waals surface area contributed by atoms with Crippen LogP contribution >= 0.6 is 0 Å². The van der Waals surface area contributed by atoms with Gasteiger partial charge in [-0.05, 0) is 44.9 Å². The summed E-state index contributed by atoms with van der Waals surface area (Å²) in [6.45, 7) is 5.64. The summed E-state index contributed by atoms with van der Waals surface area (Å²) >= 11 is 0. The maximum absolute atomic E-state index is 13.1. The number of aliphatic carboxylic acids is 1. The SMILES string of the molecule is CC(C)(C)N1C(=O)CCC(C(=O)O)C1c1ccc(F)cc1. The van der Waals surface area contributed by atoms with Crippen molar-refractivity contribution < 1.29 is 19.1 Å². The zero-order valence-electron chi connectivity index (χ0n) is 12.5. The molecule has 2 atom stereocenters. The van der Waals surface area contributed by atoms with Crippen LogP contribution in [0.15, 0.2) is 24.3 Å². The van der Waals surface area contributed by atoms with Crippen molar-refractivity contribution in [1.82, 2.24) is 4.90 Å². The number of rotatable bonds is 2. The summed E-state index contributed by atoms with van der Waals surface area (Å²) in [6.07, 6.45) is 0.536. The number of carboxylic acid groups (broad SMARTS) is 1. The Hall–Kier alpha value is -1.91. The lowest BCUT2D eigenvalue weighted by Gasteiger charge is -2.47. The molecule has 4 nitrogen and oxygen atoms in total. The van der Waals surface area contributed by atoms with Crippen LogP contribution in [-0.2, 0) is 9.59 Å². The van der Waals surface area contributed by atoms with Crippen molar-refractivity contribution in [2.45, 2.75) is 45.2 Å². The molecule has 0 radical (unpaired) electrons. The van der Waals surface area contributed by atoms with Crippen LogP contribution in [0.25, 0.3) is 0 Å². The van der Waals surface area contributed by atoms with Crippen molar-refractivity contribution in [3.05, 3.63) is 35.6 Å². The van der Waals surface area contributed by atoms with Gasteiger partial charge in [0.05, 0.1) is 12.0 Å². The Bertz CT molecular complexity index is 548. The van der Waals surface area contributed by atoms with Gasteiger partial charge in [0.25, 0.3) is 0 Å². The number of carbonyl (C=O) groups is 2. The molecule has 114 valence electrons. The third-order valence-electron chi connectivity index (χ3n) is 3.85. The van der Waals surface area contributed by atoms with Crippen LogP contribution in [0.3, 0.4) is 0 Å². The van der Waals surface area contributed by atoms with Gasteiger partial charge >= 0.3 is 5.97 Å². The number of likely N-dealkylation sites (tertiary alicyclic amines) is 1. The van der Waals surface area contributed by atoms with Crippen LogP contribution in [-0.4, -0.2) is 27.4 Å². The van der Waals surface area contributed by atoms with Gasteiger partial charge in [-0.2, -0.15) is 0 Å². The Morgan fingerprint density at radius 1 is 1.29 bits per heavy atom. The van der Waals surface area contributed by atoms with Gasteiger partial charge in [0.2, 0.25) is 5.91 Å². The first-order valence-electron chi connectivity index (χ1n) is 7.02. The van der Waals surface area contributed by atoms with Gasteiger partial charge in [-0.15, -0.1) is 0 Å². The average molecular weight is 293 g/mol. The van der Waals surface area contributed by atoms with Crippen LogP contribution in [0, 0.1) is 11.7 Å². The Labute approximate surface area is 123 Å². The molecular formula is C16H20FNO3. The quantitative estimate of drug-likeness (QED) is 0.912. The molecule has 2 unspecified atom stereocenters. The lowest BCUT2D eigenvalue weighted by atomic mass is 9.81. The van der Waals surface area contributed by atoms with E-state index in [1.807, 2.05) is 20.8 Å². The predicted octanol–water partition coefficient (Wildman–Crippen LogP) is 2.99. The molecule has 21 heavy (non-hydrogen) atoms. The first-order chi connectivity index (χ1) is 9.71. The highest BCUT2D eigenvalue weighted by Crippen LogP contribution is 2.40. The Kier molecular flexibility index (Phi) is 4.03. The van der Waals surface area contributed by atoms with Crippen LogP contribution < -0.4 is 0 Å². The third kappa shape index (κ3) is 3.06. The van der Waals surface area contributed by atoms with Crippen molar-refractivity contribution in [3.8, 4) is 0 Å². The van der Waals surface area contributed by atoms with Crippen molar-refractivity contribution in [2.24, 2.45) is 5.92 Å². The minimum absolute atomic E-state index is 0.0608. The van der Waals surface area contributed by atoms with E-state index in [2.05, 4.69) is 0 Å². The summed E-state index contributed by atoms with van der Waals surface area (Å²) in [5.74, 6) is -2.04. The maximum atomic E-state index is 13.1. The van der Waals surface area contributed by atoms with E-state index in [4.69, 9.17) is 0 Å². The molecule has 1 aromatic carbocycles. The second kappa shape index (κ2) is 5.47. The lowest BCUT2D eigenvalue weighted by Crippen LogP contribution is -2.53. The molecule has 0 bridgehead atoms. The van der Waals surface area contributed by atoms with Gasteiger partial charge in [-0.25, -0.2) is 4.39 Å². The van der Waals surface area contributed by atoms with Crippen molar-refractivity contribution in [2.75, 3.05) is 0 Å². The average Bonchev–Trinajstić information content (AvgIpc) is 2.37. The predicted molar refractivity (Wildman–Crippen MR) is 76.1 cm³/mol. The van der Waals surface area contributed by atoms with E-state index < -0.39 is 23.5 Å². The highest BCUT2D eigenvalue weighted by Gasteiger charge is 2.44. The fourth-order valence-corrected chi connectivity index (χ4v) is 2.98. The summed E-state index contributed by atoms with van der Waals surface area (Å²) in [4.78, 5) is 25.5. The monoisotopic (exact) mass is 293 g/mol. The maximum Gasteiger partial charge on any atom is 0.308 e. The van der Waals surface area contributed by atoms with Crippen molar-refractivity contribution in [1.29, 1.82) is 0 Å². The van der Waals surface area contributed by atoms with Crippen LogP contribution in [0.4, 0.5) is 4.39 Å². The fraction of sp³-hybridized carbons (Fsp3) is 0.500. The number of hydrogen-bond donors (Lipinski definition) is 1. The smallest absolute Gasteiger partial charge is 0.308 e. The van der Waals surface area contributed by atoms with E-state index in [-0.39, 0.29) is 18.1 Å². The Morgan fingerprint density at radius 3 is 2.33 bits per heavy atom. The van der Waals surface area contributed by atoms with E-state index in [1.54, 1.807) is 17.0 Å². The van der Waals surface area contributed by atoms with Crippen molar-refractivity contribution in [3.63, 3.8) is 0 Å². The van der Waals surface area contributed by atoms with Gasteiger partial charge in [0, 0.05) is 12.0 Å². The van der Waals surface area contributed by atoms with E-state index in [0.717, 1.165) is 0 Å². The summed E-state index contributed by atoms with van der Waals surface area (Å²) in [5, 5.41) is 9.48. The van der Waals surface area contributed by atoms with Gasteiger partial charge in [-0.1, -0.05) is 12.1 Å². The molecule has 1 aliphatic heterocycles.